The Morgan fingerprint density at radius 3 is 2.52 bits per heavy atom. The highest BCUT2D eigenvalue weighted by Crippen LogP contribution is 2.27. The fraction of sp³-hybridized carbons (Fsp3) is 0.333. The molecule has 0 aliphatic rings. The van der Waals surface area contributed by atoms with E-state index >= 15 is 0 Å². The van der Waals surface area contributed by atoms with Crippen molar-refractivity contribution in [3.8, 4) is 11.9 Å². The number of hydrogen-bond donors (Lipinski definition) is 1. The quantitative estimate of drug-likeness (QED) is 0.582. The van der Waals surface area contributed by atoms with Crippen LogP contribution in [0.4, 0.5) is 11.4 Å². The summed E-state index contributed by atoms with van der Waals surface area (Å²) in [6, 6.07) is 8.63. The Balaban J connectivity index is 2.49. The summed E-state index contributed by atoms with van der Waals surface area (Å²) in [4.78, 5) is 12.7. The third-order valence-corrected chi connectivity index (χ3v) is 4.10. The van der Waals surface area contributed by atoms with E-state index in [1.54, 1.807) is 31.2 Å². The van der Waals surface area contributed by atoms with Crippen LogP contribution < -0.4 is 5.56 Å². The Hall–Kier alpha value is -2.65. The predicted molar refractivity (Wildman–Crippen MR) is 97.0 cm³/mol. The summed E-state index contributed by atoms with van der Waals surface area (Å²) >= 11 is 5.83. The lowest BCUT2D eigenvalue weighted by atomic mass is 10.1. The molecule has 1 heterocycles. The molecule has 0 saturated carbocycles. The number of benzene rings is 1. The average Bonchev–Trinajstić information content (AvgIpc) is 2.60. The molecule has 0 aliphatic heterocycles. The largest absolute Gasteiger partial charge is 0.493 e. The molecule has 25 heavy (non-hydrogen) atoms. The highest BCUT2D eigenvalue weighted by atomic mass is 35.5. The molecule has 0 atom stereocenters. The van der Waals surface area contributed by atoms with Gasteiger partial charge in [0, 0.05) is 17.1 Å². The number of halogens is 1. The average molecular weight is 359 g/mol. The standard InChI is InChI=1S/C18H19ClN4O2/c1-3-4-5-10-23-17(24)15(11-20)12(2)16(18(23)25)22-21-14-8-6-13(19)7-9-14/h6-9,24H,3-5,10H2,1-2H3. The van der Waals surface area contributed by atoms with Crippen molar-refractivity contribution >= 4 is 23.0 Å². The molecule has 0 amide bonds. The van der Waals surface area contributed by atoms with Crippen LogP contribution in [0.3, 0.4) is 0 Å². The van der Waals surface area contributed by atoms with Gasteiger partial charge in [-0.3, -0.25) is 9.36 Å². The van der Waals surface area contributed by atoms with E-state index in [1.165, 1.54) is 4.57 Å². The Bertz CT molecular complexity index is 880. The van der Waals surface area contributed by atoms with E-state index in [9.17, 15) is 15.2 Å². The van der Waals surface area contributed by atoms with Crippen molar-refractivity contribution in [1.82, 2.24) is 4.57 Å². The molecular weight excluding hydrogens is 340 g/mol. The van der Waals surface area contributed by atoms with Gasteiger partial charge in [0.25, 0.3) is 5.56 Å². The van der Waals surface area contributed by atoms with Crippen LogP contribution in [0.2, 0.25) is 5.02 Å². The number of aromatic hydroxyl groups is 1. The van der Waals surface area contributed by atoms with Crippen molar-refractivity contribution in [2.45, 2.75) is 39.7 Å². The van der Waals surface area contributed by atoms with Gasteiger partial charge in [-0.1, -0.05) is 31.4 Å². The first-order chi connectivity index (χ1) is 12.0. The molecule has 130 valence electrons. The number of azo groups is 1. The highest BCUT2D eigenvalue weighted by molar-refractivity contribution is 6.30. The molecular formula is C18H19ClN4O2. The normalized spacial score (nSPS) is 11.0. The summed E-state index contributed by atoms with van der Waals surface area (Å²) in [7, 11) is 0. The van der Waals surface area contributed by atoms with Gasteiger partial charge in [-0.25, -0.2) is 0 Å². The van der Waals surface area contributed by atoms with Crippen molar-refractivity contribution in [3.63, 3.8) is 0 Å². The zero-order valence-electron chi connectivity index (χ0n) is 14.2. The van der Waals surface area contributed by atoms with E-state index in [4.69, 9.17) is 11.6 Å². The van der Waals surface area contributed by atoms with Gasteiger partial charge >= 0.3 is 0 Å². The molecule has 1 N–H and O–H groups in total. The molecule has 2 rings (SSSR count). The monoisotopic (exact) mass is 358 g/mol. The van der Waals surface area contributed by atoms with E-state index in [0.717, 1.165) is 19.3 Å². The van der Waals surface area contributed by atoms with Gasteiger partial charge in [-0.15, -0.1) is 5.11 Å². The van der Waals surface area contributed by atoms with Gasteiger partial charge in [0.2, 0.25) is 5.88 Å². The van der Waals surface area contributed by atoms with Crippen LogP contribution in [-0.2, 0) is 6.54 Å². The molecule has 2 aromatic rings. The molecule has 0 spiro atoms. The lowest BCUT2D eigenvalue weighted by Crippen LogP contribution is -2.22. The molecule has 6 nitrogen and oxygen atoms in total. The summed E-state index contributed by atoms with van der Waals surface area (Å²) in [6.45, 7) is 3.95. The minimum Gasteiger partial charge on any atom is -0.493 e. The number of pyridine rings is 1. The summed E-state index contributed by atoms with van der Waals surface area (Å²) in [6.07, 6.45) is 2.63. The Labute approximate surface area is 151 Å². The van der Waals surface area contributed by atoms with E-state index in [1.807, 2.05) is 13.0 Å². The summed E-state index contributed by atoms with van der Waals surface area (Å²) < 4.78 is 1.19. The van der Waals surface area contributed by atoms with Gasteiger partial charge < -0.3 is 5.11 Å². The first kappa shape index (κ1) is 18.7. The van der Waals surface area contributed by atoms with Gasteiger partial charge in [0.15, 0.2) is 5.69 Å². The maximum absolute atomic E-state index is 12.7. The molecule has 1 aromatic carbocycles. The summed E-state index contributed by atoms with van der Waals surface area (Å²) in [5.74, 6) is -0.313. The molecule has 0 radical (unpaired) electrons. The Morgan fingerprint density at radius 1 is 1.24 bits per heavy atom. The molecule has 0 saturated heterocycles. The van der Waals surface area contributed by atoms with Crippen molar-refractivity contribution in [2.75, 3.05) is 0 Å². The third-order valence-electron chi connectivity index (χ3n) is 3.85. The Morgan fingerprint density at radius 2 is 1.92 bits per heavy atom. The second-order valence-electron chi connectivity index (χ2n) is 5.62. The first-order valence-electron chi connectivity index (χ1n) is 8.03. The first-order valence-corrected chi connectivity index (χ1v) is 8.41. The predicted octanol–water partition coefficient (Wildman–Crippen LogP) is 4.99. The summed E-state index contributed by atoms with van der Waals surface area (Å²) in [5.41, 5.74) is 0.492. The van der Waals surface area contributed by atoms with E-state index in [0.29, 0.717) is 22.8 Å². The lowest BCUT2D eigenvalue weighted by molar-refractivity contribution is 0.398. The van der Waals surface area contributed by atoms with E-state index in [-0.39, 0.29) is 17.1 Å². The smallest absolute Gasteiger partial charge is 0.281 e. The number of rotatable bonds is 6. The molecule has 0 unspecified atom stereocenters. The minimum atomic E-state index is -0.456. The topological polar surface area (TPSA) is 90.7 Å². The van der Waals surface area contributed by atoms with E-state index < -0.39 is 5.56 Å². The minimum absolute atomic E-state index is 0.0427. The van der Waals surface area contributed by atoms with Crippen LogP contribution in [0.5, 0.6) is 5.88 Å². The van der Waals surface area contributed by atoms with Crippen LogP contribution in [0.1, 0.15) is 37.3 Å². The number of unbranched alkanes of at least 4 members (excludes halogenated alkanes) is 2. The van der Waals surface area contributed by atoms with Crippen molar-refractivity contribution in [2.24, 2.45) is 10.2 Å². The van der Waals surface area contributed by atoms with Crippen LogP contribution in [0.25, 0.3) is 0 Å². The van der Waals surface area contributed by atoms with Crippen molar-refractivity contribution in [1.29, 1.82) is 5.26 Å². The van der Waals surface area contributed by atoms with Crippen LogP contribution in [0.15, 0.2) is 39.3 Å². The number of nitrogens with zero attached hydrogens (tertiary/aromatic N) is 4. The van der Waals surface area contributed by atoms with Gasteiger partial charge in [-0.05, 0) is 37.6 Å². The van der Waals surface area contributed by atoms with Gasteiger partial charge in [-0.2, -0.15) is 10.4 Å². The highest BCUT2D eigenvalue weighted by Gasteiger charge is 2.18. The molecule has 0 fully saturated rings. The van der Waals surface area contributed by atoms with Crippen LogP contribution in [0, 0.1) is 18.3 Å². The maximum Gasteiger partial charge on any atom is 0.281 e. The zero-order valence-corrected chi connectivity index (χ0v) is 14.9. The molecule has 0 bridgehead atoms. The number of aromatic nitrogens is 1. The maximum atomic E-state index is 12.7. The number of hydrogen-bond acceptors (Lipinski definition) is 5. The van der Waals surface area contributed by atoms with Crippen molar-refractivity contribution in [3.05, 3.63) is 50.8 Å². The fourth-order valence-corrected chi connectivity index (χ4v) is 2.53. The van der Waals surface area contributed by atoms with Gasteiger partial charge in [0.1, 0.15) is 11.6 Å². The second kappa shape index (κ2) is 8.45. The molecule has 0 aliphatic carbocycles. The Kier molecular flexibility index (Phi) is 6.31. The lowest BCUT2D eigenvalue weighted by Gasteiger charge is -2.12. The number of nitriles is 1. The summed E-state index contributed by atoms with van der Waals surface area (Å²) in [5, 5.41) is 28.2. The zero-order chi connectivity index (χ0) is 18.4. The van der Waals surface area contributed by atoms with Gasteiger partial charge in [0.05, 0.1) is 5.69 Å². The van der Waals surface area contributed by atoms with E-state index in [2.05, 4.69) is 10.2 Å². The van der Waals surface area contributed by atoms with Crippen molar-refractivity contribution < 1.29 is 5.11 Å². The van der Waals surface area contributed by atoms with Crippen LogP contribution in [-0.4, -0.2) is 9.67 Å². The molecule has 1 aromatic heterocycles. The molecule has 7 heteroatoms. The van der Waals surface area contributed by atoms with Crippen LogP contribution >= 0.6 is 11.6 Å². The SMILES string of the molecule is CCCCCn1c(O)c(C#N)c(C)c(N=Nc2ccc(Cl)cc2)c1=O. The second-order valence-corrected chi connectivity index (χ2v) is 6.06. The third kappa shape index (κ3) is 4.25. The fourth-order valence-electron chi connectivity index (χ4n) is 2.40.